The minimum atomic E-state index is -0.338. The minimum Gasteiger partial charge on any atom is -0.357 e. The molecule has 0 atom stereocenters. The molecule has 100 valence electrons. The molecule has 7 heteroatoms. The average molecular weight is 260 g/mol. The topological polar surface area (TPSA) is 86.8 Å². The van der Waals surface area contributed by atoms with Crippen LogP contribution in [-0.4, -0.2) is 39.2 Å². The first-order chi connectivity index (χ1) is 9.24. The summed E-state index contributed by atoms with van der Waals surface area (Å²) in [5.41, 5.74) is 0.623. The zero-order valence-corrected chi connectivity index (χ0v) is 10.9. The molecule has 2 aromatic heterocycles. The second-order valence-electron chi connectivity index (χ2n) is 3.87. The molecule has 2 rings (SSSR count). The second kappa shape index (κ2) is 5.94. The molecule has 2 aromatic rings. The fourth-order valence-corrected chi connectivity index (χ4v) is 1.70. The fraction of sp³-hybridized carbons (Fsp3) is 0.333. The number of anilines is 2. The van der Waals surface area contributed by atoms with Crippen LogP contribution in [0.3, 0.4) is 0 Å². The molecule has 0 spiro atoms. The van der Waals surface area contributed by atoms with Gasteiger partial charge in [-0.05, 0) is 26.0 Å². The standard InChI is InChI=1S/C12H16N6O/c1-3-18(4-2)10-6-5-9(7-13-10)16-12(19)11-14-8-15-17-11/h5-8H,3-4H2,1-2H3,(H,16,19)(H,14,15,17). The molecular weight excluding hydrogens is 244 g/mol. The van der Waals surface area contributed by atoms with Crippen molar-refractivity contribution in [1.29, 1.82) is 0 Å². The number of hydrogen-bond acceptors (Lipinski definition) is 5. The number of hydrogen-bond donors (Lipinski definition) is 2. The van der Waals surface area contributed by atoms with E-state index in [9.17, 15) is 4.79 Å². The van der Waals surface area contributed by atoms with E-state index >= 15 is 0 Å². The van der Waals surface area contributed by atoms with Crippen molar-refractivity contribution in [1.82, 2.24) is 20.2 Å². The SMILES string of the molecule is CCN(CC)c1ccc(NC(=O)c2ncn[nH]2)cn1. The summed E-state index contributed by atoms with van der Waals surface area (Å²) < 4.78 is 0. The third kappa shape index (κ3) is 3.06. The van der Waals surface area contributed by atoms with Gasteiger partial charge in [-0.15, -0.1) is 0 Å². The maximum absolute atomic E-state index is 11.7. The van der Waals surface area contributed by atoms with E-state index in [1.54, 1.807) is 6.20 Å². The molecule has 0 bridgehead atoms. The van der Waals surface area contributed by atoms with Gasteiger partial charge in [0.25, 0.3) is 5.91 Å². The van der Waals surface area contributed by atoms with Crippen LogP contribution in [0, 0.1) is 0 Å². The highest BCUT2D eigenvalue weighted by atomic mass is 16.2. The van der Waals surface area contributed by atoms with Crippen molar-refractivity contribution in [2.45, 2.75) is 13.8 Å². The molecule has 0 saturated heterocycles. The Balaban J connectivity index is 2.05. The van der Waals surface area contributed by atoms with Crippen molar-refractivity contribution in [2.75, 3.05) is 23.3 Å². The van der Waals surface area contributed by atoms with Gasteiger partial charge in [0, 0.05) is 13.1 Å². The van der Waals surface area contributed by atoms with Crippen molar-refractivity contribution in [3.63, 3.8) is 0 Å². The van der Waals surface area contributed by atoms with E-state index in [-0.39, 0.29) is 11.7 Å². The number of H-pyrrole nitrogens is 1. The molecule has 0 saturated carbocycles. The number of nitrogens with zero attached hydrogens (tertiary/aromatic N) is 4. The lowest BCUT2D eigenvalue weighted by Gasteiger charge is -2.19. The summed E-state index contributed by atoms with van der Waals surface area (Å²) in [6.45, 7) is 5.94. The van der Waals surface area contributed by atoms with Crippen LogP contribution in [0.1, 0.15) is 24.5 Å². The number of pyridine rings is 1. The Labute approximate surface area is 111 Å². The number of carbonyl (C=O) groups excluding carboxylic acids is 1. The van der Waals surface area contributed by atoms with Crippen LogP contribution in [0.5, 0.6) is 0 Å². The quantitative estimate of drug-likeness (QED) is 0.846. The van der Waals surface area contributed by atoms with Crippen molar-refractivity contribution < 1.29 is 4.79 Å². The molecule has 0 unspecified atom stereocenters. The highest BCUT2D eigenvalue weighted by Gasteiger charge is 2.09. The van der Waals surface area contributed by atoms with E-state index in [4.69, 9.17) is 0 Å². The molecule has 0 aliphatic rings. The Morgan fingerprint density at radius 3 is 2.63 bits per heavy atom. The number of amides is 1. The normalized spacial score (nSPS) is 10.2. The van der Waals surface area contributed by atoms with Gasteiger partial charge in [0.1, 0.15) is 12.1 Å². The van der Waals surface area contributed by atoms with Crippen LogP contribution in [0.4, 0.5) is 11.5 Å². The van der Waals surface area contributed by atoms with Crippen molar-refractivity contribution >= 4 is 17.4 Å². The van der Waals surface area contributed by atoms with Gasteiger partial charge in [0.15, 0.2) is 0 Å². The number of carbonyl (C=O) groups is 1. The summed E-state index contributed by atoms with van der Waals surface area (Å²) in [6, 6.07) is 3.69. The lowest BCUT2D eigenvalue weighted by Crippen LogP contribution is -2.23. The van der Waals surface area contributed by atoms with Crippen LogP contribution < -0.4 is 10.2 Å². The van der Waals surface area contributed by atoms with E-state index in [1.807, 2.05) is 12.1 Å². The van der Waals surface area contributed by atoms with Crippen LogP contribution in [0.15, 0.2) is 24.7 Å². The zero-order chi connectivity index (χ0) is 13.7. The predicted molar refractivity (Wildman–Crippen MR) is 72.1 cm³/mol. The molecule has 7 nitrogen and oxygen atoms in total. The van der Waals surface area contributed by atoms with Crippen molar-refractivity contribution in [3.05, 3.63) is 30.5 Å². The van der Waals surface area contributed by atoms with Gasteiger partial charge in [-0.3, -0.25) is 9.89 Å². The van der Waals surface area contributed by atoms with Crippen molar-refractivity contribution in [3.8, 4) is 0 Å². The highest BCUT2D eigenvalue weighted by molar-refractivity contribution is 6.01. The van der Waals surface area contributed by atoms with Crippen molar-refractivity contribution in [2.24, 2.45) is 0 Å². The molecule has 0 aliphatic carbocycles. The van der Waals surface area contributed by atoms with Gasteiger partial charge in [0.05, 0.1) is 11.9 Å². The molecule has 19 heavy (non-hydrogen) atoms. The molecule has 0 fully saturated rings. The summed E-state index contributed by atoms with van der Waals surface area (Å²) >= 11 is 0. The molecule has 2 heterocycles. The Kier molecular flexibility index (Phi) is 4.07. The number of nitrogens with one attached hydrogen (secondary N) is 2. The first kappa shape index (κ1) is 13.0. The highest BCUT2D eigenvalue weighted by Crippen LogP contribution is 2.14. The molecular formula is C12H16N6O. The first-order valence-electron chi connectivity index (χ1n) is 6.12. The van der Waals surface area contributed by atoms with Crippen LogP contribution in [0.2, 0.25) is 0 Å². The van der Waals surface area contributed by atoms with Gasteiger partial charge >= 0.3 is 0 Å². The second-order valence-corrected chi connectivity index (χ2v) is 3.87. The van der Waals surface area contributed by atoms with E-state index in [2.05, 4.69) is 44.2 Å². The molecule has 2 N–H and O–H groups in total. The predicted octanol–water partition coefficient (Wildman–Crippen LogP) is 1.30. The van der Waals surface area contributed by atoms with E-state index in [0.717, 1.165) is 18.9 Å². The number of aromatic amines is 1. The lowest BCUT2D eigenvalue weighted by atomic mass is 10.3. The zero-order valence-electron chi connectivity index (χ0n) is 10.9. The summed E-state index contributed by atoms with van der Waals surface area (Å²) in [6.07, 6.45) is 2.92. The fourth-order valence-electron chi connectivity index (χ4n) is 1.70. The monoisotopic (exact) mass is 260 g/mol. The van der Waals surface area contributed by atoms with Crippen LogP contribution in [-0.2, 0) is 0 Å². The maximum Gasteiger partial charge on any atom is 0.293 e. The third-order valence-electron chi connectivity index (χ3n) is 2.72. The van der Waals surface area contributed by atoms with Gasteiger partial charge in [0.2, 0.25) is 5.82 Å². The first-order valence-corrected chi connectivity index (χ1v) is 6.12. The van der Waals surface area contributed by atoms with E-state index < -0.39 is 0 Å². The maximum atomic E-state index is 11.7. The van der Waals surface area contributed by atoms with Crippen LogP contribution in [0.25, 0.3) is 0 Å². The Morgan fingerprint density at radius 2 is 2.11 bits per heavy atom. The van der Waals surface area contributed by atoms with E-state index in [0.29, 0.717) is 5.69 Å². The molecule has 1 amide bonds. The Morgan fingerprint density at radius 1 is 1.32 bits per heavy atom. The summed E-state index contributed by atoms with van der Waals surface area (Å²) in [5.74, 6) is 0.727. The molecule has 0 aromatic carbocycles. The van der Waals surface area contributed by atoms with E-state index in [1.165, 1.54) is 6.33 Å². The van der Waals surface area contributed by atoms with Gasteiger partial charge in [-0.2, -0.15) is 5.10 Å². The number of rotatable bonds is 5. The average Bonchev–Trinajstić information content (AvgIpc) is 2.96. The summed E-state index contributed by atoms with van der Waals surface area (Å²) in [5, 5.41) is 8.82. The van der Waals surface area contributed by atoms with Gasteiger partial charge < -0.3 is 10.2 Å². The smallest absolute Gasteiger partial charge is 0.293 e. The third-order valence-corrected chi connectivity index (χ3v) is 2.72. The largest absolute Gasteiger partial charge is 0.357 e. The van der Waals surface area contributed by atoms with Crippen LogP contribution >= 0.6 is 0 Å². The molecule has 0 aliphatic heterocycles. The molecule has 0 radical (unpaired) electrons. The van der Waals surface area contributed by atoms with Gasteiger partial charge in [-0.1, -0.05) is 0 Å². The Bertz CT molecular complexity index is 518. The Hall–Kier alpha value is -2.44. The number of aromatic nitrogens is 4. The lowest BCUT2D eigenvalue weighted by molar-refractivity contribution is 0.101. The summed E-state index contributed by atoms with van der Waals surface area (Å²) in [7, 11) is 0. The summed E-state index contributed by atoms with van der Waals surface area (Å²) in [4.78, 5) is 21.9. The minimum absolute atomic E-state index is 0.174. The van der Waals surface area contributed by atoms with Gasteiger partial charge in [-0.25, -0.2) is 9.97 Å².